The number of anilines is 1. The second-order valence-corrected chi connectivity index (χ2v) is 4.50. The van der Waals surface area contributed by atoms with Crippen LogP contribution in [0.2, 0.25) is 10.6 Å². The fourth-order valence-corrected chi connectivity index (χ4v) is 1.80. The Morgan fingerprint density at radius 1 is 1.47 bits per heavy atom. The molecule has 0 unspecified atom stereocenters. The van der Waals surface area contributed by atoms with Crippen LogP contribution >= 0.6 is 23.2 Å². The molecule has 0 bridgehead atoms. The van der Waals surface area contributed by atoms with Crippen LogP contribution in [0.4, 0.5) is 10.1 Å². The van der Waals surface area contributed by atoms with Gasteiger partial charge in [0.05, 0.1) is 0 Å². The first-order valence-corrected chi connectivity index (χ1v) is 6.03. The van der Waals surface area contributed by atoms with Crippen LogP contribution in [0.15, 0.2) is 18.2 Å². The molecule has 0 atom stereocenters. The highest BCUT2D eigenvalue weighted by Gasteiger charge is 2.11. The Labute approximate surface area is 118 Å². The van der Waals surface area contributed by atoms with Gasteiger partial charge in [-0.15, -0.1) is 5.10 Å². The number of aromatic nitrogens is 3. The molecule has 0 fully saturated rings. The third-order valence-corrected chi connectivity index (χ3v) is 2.79. The normalized spacial score (nSPS) is 10.5. The minimum Gasteiger partial charge on any atom is -0.324 e. The van der Waals surface area contributed by atoms with Gasteiger partial charge >= 0.3 is 0 Å². The summed E-state index contributed by atoms with van der Waals surface area (Å²) in [6, 6.07) is 4.42. The first kappa shape index (κ1) is 13.8. The van der Waals surface area contributed by atoms with E-state index < -0.39 is 5.91 Å². The van der Waals surface area contributed by atoms with Crippen molar-refractivity contribution >= 4 is 34.8 Å². The summed E-state index contributed by atoms with van der Waals surface area (Å²) >= 11 is 11.2. The van der Waals surface area contributed by atoms with Gasteiger partial charge in [-0.05, 0) is 47.8 Å². The standard InChI is InChI=1S/C11H9Cl2FN4O/c1-6-2-3-7(4-8(6)14)15-9(19)5-18-11(13)16-10(12)17-18/h2-4H,5H2,1H3,(H,15,19). The second kappa shape index (κ2) is 5.54. The summed E-state index contributed by atoms with van der Waals surface area (Å²) in [7, 11) is 0. The van der Waals surface area contributed by atoms with E-state index in [-0.39, 0.29) is 22.9 Å². The van der Waals surface area contributed by atoms with E-state index >= 15 is 0 Å². The maximum absolute atomic E-state index is 13.3. The molecule has 1 N–H and O–H groups in total. The zero-order valence-corrected chi connectivity index (χ0v) is 11.3. The number of aryl methyl sites for hydroxylation is 1. The van der Waals surface area contributed by atoms with Crippen LogP contribution in [0.25, 0.3) is 0 Å². The number of carbonyl (C=O) groups is 1. The van der Waals surface area contributed by atoms with E-state index in [4.69, 9.17) is 23.2 Å². The highest BCUT2D eigenvalue weighted by Crippen LogP contribution is 2.14. The Morgan fingerprint density at radius 3 is 2.79 bits per heavy atom. The number of nitrogens with zero attached hydrogens (tertiary/aromatic N) is 3. The van der Waals surface area contributed by atoms with E-state index in [1.807, 2.05) is 0 Å². The predicted octanol–water partition coefficient (Wildman–Crippen LogP) is 2.67. The Morgan fingerprint density at radius 2 is 2.21 bits per heavy atom. The molecule has 1 aromatic carbocycles. The molecule has 0 saturated heterocycles. The van der Waals surface area contributed by atoms with Gasteiger partial charge in [0, 0.05) is 5.69 Å². The van der Waals surface area contributed by atoms with Crippen LogP contribution in [-0.2, 0) is 11.3 Å². The van der Waals surface area contributed by atoms with Crippen molar-refractivity contribution in [3.05, 3.63) is 40.1 Å². The van der Waals surface area contributed by atoms with Crippen molar-refractivity contribution in [1.82, 2.24) is 14.8 Å². The molecule has 5 nitrogen and oxygen atoms in total. The quantitative estimate of drug-likeness (QED) is 0.948. The molecule has 0 spiro atoms. The van der Waals surface area contributed by atoms with Crippen LogP contribution < -0.4 is 5.32 Å². The van der Waals surface area contributed by atoms with Gasteiger partial charge < -0.3 is 5.32 Å². The molecule has 8 heteroatoms. The summed E-state index contributed by atoms with van der Waals surface area (Å²) in [5.74, 6) is -0.800. The Kier molecular flexibility index (Phi) is 4.01. The summed E-state index contributed by atoms with van der Waals surface area (Å²) in [6.07, 6.45) is 0. The van der Waals surface area contributed by atoms with Gasteiger partial charge in [0.1, 0.15) is 12.4 Å². The number of benzene rings is 1. The summed E-state index contributed by atoms with van der Waals surface area (Å²) in [5, 5.41) is 6.22. The van der Waals surface area contributed by atoms with Gasteiger partial charge in [0.15, 0.2) is 0 Å². The Hall–Kier alpha value is -1.66. The maximum atomic E-state index is 13.3. The van der Waals surface area contributed by atoms with Crippen molar-refractivity contribution in [3.8, 4) is 0 Å². The molecule has 1 heterocycles. The average molecular weight is 303 g/mol. The monoisotopic (exact) mass is 302 g/mol. The number of hydrogen-bond acceptors (Lipinski definition) is 3. The molecule has 1 amide bonds. The zero-order chi connectivity index (χ0) is 14.0. The van der Waals surface area contributed by atoms with Gasteiger partial charge in [0.25, 0.3) is 0 Å². The maximum Gasteiger partial charge on any atom is 0.246 e. The molecule has 0 aliphatic rings. The van der Waals surface area contributed by atoms with Crippen LogP contribution in [0.5, 0.6) is 0 Å². The predicted molar refractivity (Wildman–Crippen MR) is 69.8 cm³/mol. The first-order chi connectivity index (χ1) is 8.95. The van der Waals surface area contributed by atoms with Gasteiger partial charge in [0.2, 0.25) is 16.5 Å². The van der Waals surface area contributed by atoms with Gasteiger partial charge in [-0.1, -0.05) is 6.07 Å². The third kappa shape index (κ3) is 3.42. The largest absolute Gasteiger partial charge is 0.324 e. The van der Waals surface area contributed by atoms with E-state index in [0.717, 1.165) is 4.68 Å². The highest BCUT2D eigenvalue weighted by molar-refractivity contribution is 6.31. The SMILES string of the molecule is Cc1ccc(NC(=O)Cn2nc(Cl)nc2Cl)cc1F. The smallest absolute Gasteiger partial charge is 0.246 e. The topological polar surface area (TPSA) is 59.8 Å². The number of hydrogen-bond donors (Lipinski definition) is 1. The molecule has 19 heavy (non-hydrogen) atoms. The van der Waals surface area contributed by atoms with E-state index in [0.29, 0.717) is 11.3 Å². The molecular weight excluding hydrogens is 294 g/mol. The lowest BCUT2D eigenvalue weighted by Gasteiger charge is -2.06. The summed E-state index contributed by atoms with van der Waals surface area (Å²) in [5.41, 5.74) is 0.861. The Balaban J connectivity index is 2.05. The molecule has 2 rings (SSSR count). The second-order valence-electron chi connectivity index (χ2n) is 3.82. The fraction of sp³-hybridized carbons (Fsp3) is 0.182. The summed E-state index contributed by atoms with van der Waals surface area (Å²) in [6.45, 7) is 1.48. The van der Waals surface area contributed by atoms with E-state index in [9.17, 15) is 9.18 Å². The number of nitrogens with one attached hydrogen (secondary N) is 1. The molecule has 0 aliphatic carbocycles. The van der Waals surface area contributed by atoms with Crippen molar-refractivity contribution in [2.45, 2.75) is 13.5 Å². The molecule has 100 valence electrons. The van der Waals surface area contributed by atoms with Crippen LogP contribution in [0.3, 0.4) is 0 Å². The van der Waals surface area contributed by atoms with Crippen LogP contribution in [0.1, 0.15) is 5.56 Å². The first-order valence-electron chi connectivity index (χ1n) is 5.27. The lowest BCUT2D eigenvalue weighted by molar-refractivity contribution is -0.116. The molecule has 0 radical (unpaired) electrons. The lowest BCUT2D eigenvalue weighted by Crippen LogP contribution is -2.19. The van der Waals surface area contributed by atoms with Crippen molar-refractivity contribution < 1.29 is 9.18 Å². The van der Waals surface area contributed by atoms with Gasteiger partial charge in [-0.3, -0.25) is 4.79 Å². The van der Waals surface area contributed by atoms with Crippen LogP contribution in [-0.4, -0.2) is 20.7 Å². The molecule has 0 saturated carbocycles. The van der Waals surface area contributed by atoms with E-state index in [2.05, 4.69) is 15.4 Å². The van der Waals surface area contributed by atoms with E-state index in [1.165, 1.54) is 6.07 Å². The minimum atomic E-state index is -0.410. The van der Waals surface area contributed by atoms with Crippen LogP contribution in [0, 0.1) is 12.7 Å². The van der Waals surface area contributed by atoms with Crippen molar-refractivity contribution in [3.63, 3.8) is 0 Å². The minimum absolute atomic E-state index is 0.00948. The molecule has 0 aliphatic heterocycles. The Bertz CT molecular complexity index is 629. The number of rotatable bonds is 3. The number of carbonyl (C=O) groups excluding carboxylic acids is 1. The average Bonchev–Trinajstić information content (AvgIpc) is 2.62. The van der Waals surface area contributed by atoms with Crippen molar-refractivity contribution in [1.29, 1.82) is 0 Å². The molecule has 2 aromatic rings. The summed E-state index contributed by atoms with van der Waals surface area (Å²) in [4.78, 5) is 15.4. The summed E-state index contributed by atoms with van der Waals surface area (Å²) < 4.78 is 14.4. The zero-order valence-electron chi connectivity index (χ0n) is 9.82. The van der Waals surface area contributed by atoms with E-state index in [1.54, 1.807) is 19.1 Å². The van der Waals surface area contributed by atoms with Crippen molar-refractivity contribution in [2.75, 3.05) is 5.32 Å². The highest BCUT2D eigenvalue weighted by atomic mass is 35.5. The fourth-order valence-electron chi connectivity index (χ4n) is 1.40. The van der Waals surface area contributed by atoms with Gasteiger partial charge in [-0.25, -0.2) is 9.07 Å². The van der Waals surface area contributed by atoms with Crippen molar-refractivity contribution in [2.24, 2.45) is 0 Å². The van der Waals surface area contributed by atoms with Gasteiger partial charge in [-0.2, -0.15) is 4.98 Å². The lowest BCUT2D eigenvalue weighted by atomic mass is 10.2. The number of amides is 1. The molecular formula is C11H9Cl2FN4O. The molecule has 1 aromatic heterocycles. The number of halogens is 3. The third-order valence-electron chi connectivity index (χ3n) is 2.35.